The van der Waals surface area contributed by atoms with E-state index in [1.807, 2.05) is 6.08 Å². The zero-order chi connectivity index (χ0) is 40.8. The fourth-order valence-corrected chi connectivity index (χ4v) is 7.59. The van der Waals surface area contributed by atoms with Gasteiger partial charge in [-0.05, 0) is 57.8 Å². The van der Waals surface area contributed by atoms with Crippen LogP contribution in [-0.2, 0) is 4.79 Å². The van der Waals surface area contributed by atoms with Crippen molar-refractivity contribution in [2.24, 2.45) is 0 Å². The van der Waals surface area contributed by atoms with Crippen LogP contribution in [-0.4, -0.2) is 46.1 Å². The molecular weight excluding hydrogens is 691 g/mol. The van der Waals surface area contributed by atoms with Gasteiger partial charge in [0.15, 0.2) is 0 Å². The summed E-state index contributed by atoms with van der Waals surface area (Å²) in [6.45, 7) is 4.22. The van der Waals surface area contributed by atoms with E-state index in [2.05, 4.69) is 43.5 Å². The van der Waals surface area contributed by atoms with Crippen molar-refractivity contribution in [2.75, 3.05) is 6.61 Å². The van der Waals surface area contributed by atoms with Gasteiger partial charge in [0.05, 0.1) is 31.3 Å². The van der Waals surface area contributed by atoms with Crippen LogP contribution in [0.15, 0.2) is 36.5 Å². The number of rotatable bonds is 45. The van der Waals surface area contributed by atoms with Crippen molar-refractivity contribution < 1.29 is 20.1 Å². The van der Waals surface area contributed by atoms with Gasteiger partial charge < -0.3 is 20.6 Å². The van der Waals surface area contributed by atoms with Gasteiger partial charge in [0, 0.05) is 0 Å². The van der Waals surface area contributed by atoms with E-state index in [9.17, 15) is 20.1 Å². The zero-order valence-electron chi connectivity index (χ0n) is 37.5. The molecule has 0 rings (SSSR count). The number of nitrogens with one attached hydrogen (secondary N) is 1. The highest BCUT2D eigenvalue weighted by Gasteiger charge is 2.20. The van der Waals surface area contributed by atoms with Crippen molar-refractivity contribution in [3.63, 3.8) is 0 Å². The van der Waals surface area contributed by atoms with Crippen molar-refractivity contribution in [3.05, 3.63) is 36.5 Å². The Labute approximate surface area is 349 Å². The molecule has 0 aliphatic rings. The Morgan fingerprint density at radius 1 is 0.446 bits per heavy atom. The molecule has 1 amide bonds. The quantitative estimate of drug-likeness (QED) is 0.0365. The summed E-state index contributed by atoms with van der Waals surface area (Å²) in [5, 5.41) is 33.3. The molecule has 3 atom stereocenters. The fourth-order valence-electron chi connectivity index (χ4n) is 7.59. The highest BCUT2D eigenvalue weighted by molar-refractivity contribution is 5.76. The third kappa shape index (κ3) is 42.2. The second kappa shape index (κ2) is 46.3. The van der Waals surface area contributed by atoms with E-state index < -0.39 is 18.2 Å². The highest BCUT2D eigenvalue weighted by atomic mass is 16.3. The number of hydrogen-bond acceptors (Lipinski definition) is 4. The molecule has 3 unspecified atom stereocenters. The molecule has 5 heteroatoms. The lowest BCUT2D eigenvalue weighted by molar-refractivity contribution is -0.124. The molecule has 0 aliphatic heterocycles. The maximum absolute atomic E-state index is 12.5. The first-order valence-electron chi connectivity index (χ1n) is 24.8. The largest absolute Gasteiger partial charge is 0.394 e. The van der Waals surface area contributed by atoms with Crippen LogP contribution in [0.3, 0.4) is 0 Å². The Morgan fingerprint density at radius 3 is 1.14 bits per heavy atom. The van der Waals surface area contributed by atoms with E-state index in [1.165, 1.54) is 199 Å². The van der Waals surface area contributed by atoms with Crippen molar-refractivity contribution in [1.29, 1.82) is 0 Å². The molecule has 0 aromatic rings. The third-order valence-electron chi connectivity index (χ3n) is 11.4. The van der Waals surface area contributed by atoms with Gasteiger partial charge in [0.1, 0.15) is 0 Å². The zero-order valence-corrected chi connectivity index (χ0v) is 37.5. The smallest absolute Gasteiger partial charge is 0.222 e. The normalized spacial score (nSPS) is 13.7. The number of allylic oxidation sites excluding steroid dienone is 5. The Kier molecular flexibility index (Phi) is 45.1. The minimum atomic E-state index is -0.953. The lowest BCUT2D eigenvalue weighted by atomic mass is 10.0. The van der Waals surface area contributed by atoms with Crippen molar-refractivity contribution in [3.8, 4) is 0 Å². The minimum absolute atomic E-state index is 0.00255. The van der Waals surface area contributed by atoms with Gasteiger partial charge >= 0.3 is 0 Å². The molecule has 0 heterocycles. The van der Waals surface area contributed by atoms with Gasteiger partial charge in [-0.3, -0.25) is 4.79 Å². The van der Waals surface area contributed by atoms with Crippen LogP contribution < -0.4 is 5.32 Å². The Bertz CT molecular complexity index is 870. The molecule has 0 saturated heterocycles. The second-order valence-electron chi connectivity index (χ2n) is 17.1. The minimum Gasteiger partial charge on any atom is -0.394 e. The van der Waals surface area contributed by atoms with Crippen molar-refractivity contribution in [1.82, 2.24) is 5.32 Å². The Hall–Kier alpha value is -1.43. The number of aliphatic hydroxyl groups is 3. The van der Waals surface area contributed by atoms with Crippen LogP contribution in [0.4, 0.5) is 0 Å². The predicted octanol–water partition coefficient (Wildman–Crippen LogP) is 14.7. The molecule has 0 aromatic heterocycles. The summed E-state index contributed by atoms with van der Waals surface area (Å²) in [5.41, 5.74) is 0. The van der Waals surface area contributed by atoms with Crippen molar-refractivity contribution in [2.45, 2.75) is 276 Å². The van der Waals surface area contributed by atoms with Crippen LogP contribution in [0.2, 0.25) is 0 Å². The third-order valence-corrected chi connectivity index (χ3v) is 11.4. The van der Waals surface area contributed by atoms with Crippen LogP contribution in [0.1, 0.15) is 258 Å². The first-order chi connectivity index (χ1) is 27.5. The van der Waals surface area contributed by atoms with Crippen LogP contribution >= 0.6 is 0 Å². The summed E-state index contributed by atoms with van der Waals surface area (Å²) in [7, 11) is 0. The van der Waals surface area contributed by atoms with E-state index in [-0.39, 0.29) is 18.9 Å². The van der Waals surface area contributed by atoms with Crippen LogP contribution in [0.25, 0.3) is 0 Å². The van der Waals surface area contributed by atoms with Gasteiger partial charge in [-0.2, -0.15) is 0 Å². The highest BCUT2D eigenvalue weighted by Crippen LogP contribution is 2.16. The van der Waals surface area contributed by atoms with Gasteiger partial charge in [-0.15, -0.1) is 0 Å². The summed E-state index contributed by atoms with van der Waals surface area (Å²) in [5.74, 6) is -0.327. The number of hydrogen-bond donors (Lipinski definition) is 4. The molecule has 330 valence electrons. The first-order valence-corrected chi connectivity index (χ1v) is 24.8. The van der Waals surface area contributed by atoms with Gasteiger partial charge in [-0.1, -0.05) is 230 Å². The molecule has 4 N–H and O–H groups in total. The number of amides is 1. The van der Waals surface area contributed by atoms with Crippen LogP contribution in [0, 0.1) is 0 Å². The average Bonchev–Trinajstić information content (AvgIpc) is 3.19. The summed E-state index contributed by atoms with van der Waals surface area (Å²) in [4.78, 5) is 12.5. The SMILES string of the molecule is CCCCCCCCCCCCCC/C=C\CCCCCCCCC(O)CC(=O)NC(CO)C(O)/C=C/CC/C=C/CCCCCCCCCCCCCCC. The summed E-state index contributed by atoms with van der Waals surface area (Å²) >= 11 is 0. The second-order valence-corrected chi connectivity index (χ2v) is 17.1. The van der Waals surface area contributed by atoms with Crippen molar-refractivity contribution >= 4 is 5.91 Å². The molecular formula is C51H97NO4. The maximum Gasteiger partial charge on any atom is 0.222 e. The number of carbonyl (C=O) groups is 1. The molecule has 0 fully saturated rings. The lowest BCUT2D eigenvalue weighted by Crippen LogP contribution is -2.45. The van der Waals surface area contributed by atoms with Crippen LogP contribution in [0.5, 0.6) is 0 Å². The van der Waals surface area contributed by atoms with Gasteiger partial charge in [0.2, 0.25) is 5.91 Å². The monoisotopic (exact) mass is 788 g/mol. The van der Waals surface area contributed by atoms with E-state index in [0.717, 1.165) is 32.1 Å². The lowest BCUT2D eigenvalue weighted by Gasteiger charge is -2.21. The Morgan fingerprint density at radius 2 is 0.768 bits per heavy atom. The molecule has 0 radical (unpaired) electrons. The number of aliphatic hydroxyl groups excluding tert-OH is 3. The topological polar surface area (TPSA) is 89.8 Å². The average molecular weight is 788 g/mol. The fraction of sp³-hybridized carbons (Fsp3) is 0.863. The standard InChI is InChI=1S/C51H97NO4/c1-3-5-7-9-11-13-15-17-19-21-23-24-25-27-28-30-32-34-36-38-40-42-44-48(54)46-51(56)52-49(47-53)50(55)45-43-41-39-37-35-33-31-29-26-22-20-18-16-14-12-10-8-6-4-2/h27-28,35,37,43,45,48-50,53-55H,3-26,29-34,36,38-42,44,46-47H2,1-2H3,(H,52,56)/b28-27-,37-35+,45-43+. The summed E-state index contributed by atoms with van der Waals surface area (Å²) < 4.78 is 0. The molecule has 56 heavy (non-hydrogen) atoms. The molecule has 0 aliphatic carbocycles. The summed E-state index contributed by atoms with van der Waals surface area (Å²) in [6.07, 6.45) is 58.8. The molecule has 0 bridgehead atoms. The van der Waals surface area contributed by atoms with Gasteiger partial charge in [-0.25, -0.2) is 0 Å². The van der Waals surface area contributed by atoms with Gasteiger partial charge in [0.25, 0.3) is 0 Å². The van der Waals surface area contributed by atoms with E-state index in [1.54, 1.807) is 6.08 Å². The maximum atomic E-state index is 12.5. The van der Waals surface area contributed by atoms with E-state index in [0.29, 0.717) is 6.42 Å². The molecule has 0 saturated carbocycles. The number of unbranched alkanes of at least 4 members (excludes halogenated alkanes) is 32. The number of carbonyl (C=O) groups excluding carboxylic acids is 1. The molecule has 5 nitrogen and oxygen atoms in total. The van der Waals surface area contributed by atoms with E-state index >= 15 is 0 Å². The molecule has 0 aromatic carbocycles. The first kappa shape index (κ1) is 54.6. The Balaban J connectivity index is 3.66. The van der Waals surface area contributed by atoms with E-state index in [4.69, 9.17) is 0 Å². The molecule has 0 spiro atoms. The summed E-state index contributed by atoms with van der Waals surface area (Å²) in [6, 6.07) is -0.763. The predicted molar refractivity (Wildman–Crippen MR) is 245 cm³/mol.